The number of rotatable bonds is 6. The molecule has 0 atom stereocenters. The van der Waals surface area contributed by atoms with E-state index in [1.165, 1.54) is 6.26 Å². The van der Waals surface area contributed by atoms with E-state index in [1.54, 1.807) is 43.5 Å². The minimum absolute atomic E-state index is 0.131. The van der Waals surface area contributed by atoms with Gasteiger partial charge in [0, 0.05) is 24.4 Å². The number of carbonyl (C=O) groups excluding carboxylic acids is 1. The molecule has 5 aromatic rings. The van der Waals surface area contributed by atoms with E-state index < -0.39 is 0 Å². The molecule has 0 bridgehead atoms. The van der Waals surface area contributed by atoms with Gasteiger partial charge in [0.25, 0.3) is 5.91 Å². The topological polar surface area (TPSA) is 94.5 Å². The van der Waals surface area contributed by atoms with Gasteiger partial charge in [0.05, 0.1) is 24.7 Å². The Kier molecular flexibility index (Phi) is 5.32. The molecule has 1 amide bonds. The monoisotopic (exact) mass is 440 g/mol. The molecule has 33 heavy (non-hydrogen) atoms. The van der Waals surface area contributed by atoms with Gasteiger partial charge in [0.15, 0.2) is 5.58 Å². The van der Waals surface area contributed by atoms with E-state index >= 15 is 0 Å². The maximum atomic E-state index is 13.0. The van der Waals surface area contributed by atoms with Crippen molar-refractivity contribution in [2.45, 2.75) is 6.54 Å². The Morgan fingerprint density at radius 2 is 1.94 bits per heavy atom. The average molecular weight is 440 g/mol. The number of hydrogen-bond donors (Lipinski definition) is 0. The van der Waals surface area contributed by atoms with Gasteiger partial charge in [-0.3, -0.25) is 9.78 Å². The van der Waals surface area contributed by atoms with E-state index in [9.17, 15) is 4.79 Å². The Hall–Kier alpha value is -4.46. The fourth-order valence-corrected chi connectivity index (χ4v) is 3.53. The van der Waals surface area contributed by atoms with Crippen LogP contribution in [0.15, 0.2) is 82.1 Å². The number of hydrogen-bond acceptors (Lipinski definition) is 7. The Bertz CT molecular complexity index is 1410. The van der Waals surface area contributed by atoms with Crippen LogP contribution in [0.4, 0.5) is 0 Å². The van der Waals surface area contributed by atoms with Crippen LogP contribution in [-0.2, 0) is 6.54 Å². The van der Waals surface area contributed by atoms with E-state index in [0.717, 1.165) is 17.0 Å². The van der Waals surface area contributed by atoms with E-state index in [-0.39, 0.29) is 5.91 Å². The molecular formula is C25H20N4O4. The van der Waals surface area contributed by atoms with Gasteiger partial charge in [-0.1, -0.05) is 11.2 Å². The van der Waals surface area contributed by atoms with Gasteiger partial charge < -0.3 is 18.6 Å². The highest BCUT2D eigenvalue weighted by Crippen LogP contribution is 2.31. The van der Waals surface area contributed by atoms with Crippen molar-refractivity contribution in [1.29, 1.82) is 0 Å². The molecule has 0 aliphatic rings. The number of methoxy groups -OCH3 is 1. The van der Waals surface area contributed by atoms with Crippen molar-refractivity contribution >= 4 is 16.9 Å². The van der Waals surface area contributed by atoms with Crippen LogP contribution in [0.2, 0.25) is 0 Å². The van der Waals surface area contributed by atoms with Crippen LogP contribution in [0.1, 0.15) is 16.1 Å². The predicted octanol–water partition coefficient (Wildman–Crippen LogP) is 4.83. The highest BCUT2D eigenvalue weighted by atomic mass is 16.5. The molecule has 0 aliphatic carbocycles. The average Bonchev–Trinajstić information content (AvgIpc) is 3.51. The molecule has 8 nitrogen and oxygen atoms in total. The van der Waals surface area contributed by atoms with Crippen LogP contribution in [0, 0.1) is 0 Å². The van der Waals surface area contributed by atoms with Gasteiger partial charge in [-0.15, -0.1) is 0 Å². The zero-order valence-electron chi connectivity index (χ0n) is 18.1. The third-order valence-corrected chi connectivity index (χ3v) is 5.27. The van der Waals surface area contributed by atoms with Crippen LogP contribution in [0.3, 0.4) is 0 Å². The Balaban J connectivity index is 1.43. The fourth-order valence-electron chi connectivity index (χ4n) is 3.53. The summed E-state index contributed by atoms with van der Waals surface area (Å²) in [6.45, 7) is 0.405. The van der Waals surface area contributed by atoms with E-state index in [4.69, 9.17) is 13.7 Å². The Morgan fingerprint density at radius 1 is 1.09 bits per heavy atom. The lowest BCUT2D eigenvalue weighted by molar-refractivity contribution is 0.0783. The molecule has 3 aromatic heterocycles. The first-order chi connectivity index (χ1) is 16.1. The summed E-state index contributed by atoms with van der Waals surface area (Å²) >= 11 is 0. The van der Waals surface area contributed by atoms with Gasteiger partial charge in [-0.05, 0) is 54.6 Å². The molecule has 5 rings (SSSR count). The molecule has 3 heterocycles. The zero-order valence-corrected chi connectivity index (χ0v) is 18.1. The van der Waals surface area contributed by atoms with Crippen molar-refractivity contribution < 1.29 is 18.5 Å². The van der Waals surface area contributed by atoms with Crippen LogP contribution in [0.5, 0.6) is 5.75 Å². The van der Waals surface area contributed by atoms with Crippen LogP contribution in [0.25, 0.3) is 33.8 Å². The second-order valence-electron chi connectivity index (χ2n) is 7.49. The van der Waals surface area contributed by atoms with Gasteiger partial charge in [0.1, 0.15) is 23.4 Å². The molecule has 0 spiro atoms. The first kappa shape index (κ1) is 20.4. The third kappa shape index (κ3) is 4.06. The summed E-state index contributed by atoms with van der Waals surface area (Å²) in [5, 5.41) is 4.84. The fraction of sp³-hybridized carbons (Fsp3) is 0.120. The van der Waals surface area contributed by atoms with Crippen molar-refractivity contribution in [1.82, 2.24) is 20.0 Å². The van der Waals surface area contributed by atoms with Crippen LogP contribution < -0.4 is 4.74 Å². The van der Waals surface area contributed by atoms with Crippen LogP contribution in [-0.4, -0.2) is 40.1 Å². The molecular weight excluding hydrogens is 420 g/mol. The molecule has 0 saturated heterocycles. The molecule has 0 saturated carbocycles. The van der Waals surface area contributed by atoms with Crippen molar-refractivity contribution in [2.75, 3.05) is 14.2 Å². The first-order valence-corrected chi connectivity index (χ1v) is 10.3. The Morgan fingerprint density at radius 3 is 2.70 bits per heavy atom. The van der Waals surface area contributed by atoms with Crippen LogP contribution >= 0.6 is 0 Å². The number of ether oxygens (including phenoxy) is 1. The maximum absolute atomic E-state index is 13.0. The van der Waals surface area contributed by atoms with Crippen molar-refractivity contribution in [2.24, 2.45) is 0 Å². The zero-order chi connectivity index (χ0) is 22.8. The SMILES string of the molecule is COc1ccc(-c2nc(-c3noc4ccc(C(=O)N(C)Cc5ccccn5)cc34)co2)cc1. The maximum Gasteiger partial charge on any atom is 0.253 e. The number of pyridine rings is 1. The van der Waals surface area contributed by atoms with E-state index in [2.05, 4.69) is 15.1 Å². The number of amides is 1. The minimum atomic E-state index is -0.131. The summed E-state index contributed by atoms with van der Waals surface area (Å²) in [7, 11) is 3.36. The predicted molar refractivity (Wildman–Crippen MR) is 122 cm³/mol. The lowest BCUT2D eigenvalue weighted by atomic mass is 10.1. The second kappa shape index (κ2) is 8.58. The summed E-state index contributed by atoms with van der Waals surface area (Å²) in [5.41, 5.74) is 3.73. The van der Waals surface area contributed by atoms with Crippen molar-refractivity contribution in [3.63, 3.8) is 0 Å². The molecule has 0 fully saturated rings. The normalized spacial score (nSPS) is 11.0. The first-order valence-electron chi connectivity index (χ1n) is 10.3. The number of oxazole rings is 1. The second-order valence-corrected chi connectivity index (χ2v) is 7.49. The quantitative estimate of drug-likeness (QED) is 0.373. The summed E-state index contributed by atoms with van der Waals surface area (Å²) in [5.74, 6) is 1.07. The largest absolute Gasteiger partial charge is 0.497 e. The third-order valence-electron chi connectivity index (χ3n) is 5.27. The molecule has 0 N–H and O–H groups in total. The van der Waals surface area contributed by atoms with Crippen molar-refractivity contribution in [3.05, 3.63) is 84.4 Å². The molecule has 8 heteroatoms. The Labute approximate surface area is 189 Å². The highest BCUT2D eigenvalue weighted by Gasteiger charge is 2.19. The number of benzene rings is 2. The number of fused-ring (bicyclic) bond motifs is 1. The summed E-state index contributed by atoms with van der Waals surface area (Å²) in [4.78, 5) is 23.5. The standard InChI is InChI=1S/C25H20N4O4/c1-29(14-18-5-3-4-12-26-18)25(30)17-8-11-22-20(13-17)23(28-33-22)21-15-32-24(27-21)16-6-9-19(31-2)10-7-16/h3-13,15H,14H2,1-2H3. The van der Waals surface area contributed by atoms with E-state index in [1.807, 2.05) is 42.5 Å². The lowest BCUT2D eigenvalue weighted by Crippen LogP contribution is -2.26. The van der Waals surface area contributed by atoms with Crippen molar-refractivity contribution in [3.8, 4) is 28.6 Å². The highest BCUT2D eigenvalue weighted by molar-refractivity contribution is 6.00. The summed E-state index contributed by atoms with van der Waals surface area (Å²) in [6.07, 6.45) is 3.24. The summed E-state index contributed by atoms with van der Waals surface area (Å²) < 4.78 is 16.3. The number of carbonyl (C=O) groups is 1. The van der Waals surface area contributed by atoms with Gasteiger partial charge in [-0.2, -0.15) is 0 Å². The minimum Gasteiger partial charge on any atom is -0.497 e. The lowest BCUT2D eigenvalue weighted by Gasteiger charge is -2.16. The molecule has 164 valence electrons. The number of nitrogens with zero attached hydrogens (tertiary/aromatic N) is 4. The van der Waals surface area contributed by atoms with E-state index in [0.29, 0.717) is 40.4 Å². The smallest absolute Gasteiger partial charge is 0.253 e. The molecule has 2 aromatic carbocycles. The van der Waals surface area contributed by atoms with Gasteiger partial charge in [0.2, 0.25) is 5.89 Å². The molecule has 0 aliphatic heterocycles. The molecule has 0 unspecified atom stereocenters. The van der Waals surface area contributed by atoms with Gasteiger partial charge in [-0.25, -0.2) is 4.98 Å². The van der Waals surface area contributed by atoms with Gasteiger partial charge >= 0.3 is 0 Å². The number of aromatic nitrogens is 3. The summed E-state index contributed by atoms with van der Waals surface area (Å²) in [6, 6.07) is 18.3. The molecule has 0 radical (unpaired) electrons.